The van der Waals surface area contributed by atoms with Crippen molar-refractivity contribution in [2.75, 3.05) is 0 Å². The molecule has 100 valence electrons. The highest BCUT2D eigenvalue weighted by Crippen LogP contribution is 2.39. The maximum Gasteiger partial charge on any atom is 0.171 e. The summed E-state index contributed by atoms with van der Waals surface area (Å²) in [4.78, 5) is 0. The SMILES string of the molecule is CC=CC1(c2ccccc2)C=Cc2cc(O)ccc2O1. The topological polar surface area (TPSA) is 29.5 Å². The fraction of sp³-hybridized carbons (Fsp3) is 0.111. The Labute approximate surface area is 118 Å². The third-order valence-electron chi connectivity index (χ3n) is 3.42. The van der Waals surface area contributed by atoms with Crippen LogP contribution in [-0.2, 0) is 5.60 Å². The standard InChI is InChI=1S/C18H16O2/c1-2-11-18(15-6-4-3-5-7-15)12-10-14-13-16(19)8-9-17(14)20-18/h2-13,19H,1H3. The molecule has 1 N–H and O–H groups in total. The van der Waals surface area contributed by atoms with Gasteiger partial charge < -0.3 is 9.84 Å². The van der Waals surface area contributed by atoms with E-state index in [1.807, 2.05) is 49.4 Å². The van der Waals surface area contributed by atoms with Gasteiger partial charge in [-0.05, 0) is 37.3 Å². The number of phenols is 1. The number of hydrogen-bond donors (Lipinski definition) is 1. The van der Waals surface area contributed by atoms with Crippen LogP contribution in [0.1, 0.15) is 18.1 Å². The lowest BCUT2D eigenvalue weighted by Gasteiger charge is -2.33. The lowest BCUT2D eigenvalue weighted by atomic mass is 9.89. The second kappa shape index (κ2) is 4.89. The van der Waals surface area contributed by atoms with E-state index in [-0.39, 0.29) is 5.75 Å². The highest BCUT2D eigenvalue weighted by atomic mass is 16.5. The molecule has 0 aliphatic carbocycles. The zero-order valence-electron chi connectivity index (χ0n) is 11.3. The molecule has 1 aliphatic rings. The molecule has 1 aliphatic heterocycles. The zero-order valence-corrected chi connectivity index (χ0v) is 11.3. The number of phenolic OH excluding ortho intramolecular Hbond substituents is 1. The van der Waals surface area contributed by atoms with Crippen molar-refractivity contribution in [1.82, 2.24) is 0 Å². The Morgan fingerprint density at radius 2 is 1.90 bits per heavy atom. The summed E-state index contributed by atoms with van der Waals surface area (Å²) in [6.07, 6.45) is 8.03. The van der Waals surface area contributed by atoms with Crippen LogP contribution < -0.4 is 4.74 Å². The minimum Gasteiger partial charge on any atom is -0.508 e. The van der Waals surface area contributed by atoms with E-state index < -0.39 is 5.60 Å². The first-order chi connectivity index (χ1) is 9.73. The lowest BCUT2D eigenvalue weighted by Crippen LogP contribution is -2.30. The van der Waals surface area contributed by atoms with Gasteiger partial charge in [0.05, 0.1) is 0 Å². The summed E-state index contributed by atoms with van der Waals surface area (Å²) >= 11 is 0. The van der Waals surface area contributed by atoms with Crippen LogP contribution in [-0.4, -0.2) is 5.11 Å². The molecule has 0 bridgehead atoms. The van der Waals surface area contributed by atoms with Crippen LogP contribution >= 0.6 is 0 Å². The van der Waals surface area contributed by atoms with Crippen LogP contribution in [0.2, 0.25) is 0 Å². The molecule has 1 atom stereocenters. The van der Waals surface area contributed by atoms with E-state index in [9.17, 15) is 5.11 Å². The fourth-order valence-electron chi connectivity index (χ4n) is 2.48. The first kappa shape index (κ1) is 12.5. The van der Waals surface area contributed by atoms with Crippen molar-refractivity contribution in [2.45, 2.75) is 12.5 Å². The average Bonchev–Trinajstić information content (AvgIpc) is 2.49. The summed E-state index contributed by atoms with van der Waals surface area (Å²) in [7, 11) is 0. The first-order valence-electron chi connectivity index (χ1n) is 6.64. The van der Waals surface area contributed by atoms with E-state index in [0.29, 0.717) is 0 Å². The third-order valence-corrected chi connectivity index (χ3v) is 3.42. The van der Waals surface area contributed by atoms with E-state index in [1.54, 1.807) is 18.2 Å². The number of hydrogen-bond acceptors (Lipinski definition) is 2. The van der Waals surface area contributed by atoms with Crippen LogP contribution in [0.3, 0.4) is 0 Å². The summed E-state index contributed by atoms with van der Waals surface area (Å²) in [5, 5.41) is 9.54. The largest absolute Gasteiger partial charge is 0.508 e. The molecule has 1 unspecified atom stereocenters. The normalized spacial score (nSPS) is 20.6. The average molecular weight is 264 g/mol. The minimum atomic E-state index is -0.583. The number of aromatic hydroxyl groups is 1. The minimum absolute atomic E-state index is 0.246. The monoisotopic (exact) mass is 264 g/mol. The molecule has 2 nitrogen and oxygen atoms in total. The lowest BCUT2D eigenvalue weighted by molar-refractivity contribution is 0.169. The van der Waals surface area contributed by atoms with E-state index in [1.165, 1.54) is 0 Å². The predicted octanol–water partition coefficient (Wildman–Crippen LogP) is 4.27. The Kier molecular flexibility index (Phi) is 3.07. The Morgan fingerprint density at radius 1 is 1.10 bits per heavy atom. The van der Waals surface area contributed by atoms with Crippen molar-refractivity contribution >= 4 is 6.08 Å². The third kappa shape index (κ3) is 2.10. The van der Waals surface area contributed by atoms with Gasteiger partial charge in [-0.1, -0.05) is 42.5 Å². The van der Waals surface area contributed by atoms with Crippen LogP contribution in [0.15, 0.2) is 66.8 Å². The van der Waals surface area contributed by atoms with Crippen LogP contribution in [0.25, 0.3) is 6.08 Å². The maximum atomic E-state index is 9.54. The van der Waals surface area contributed by atoms with Gasteiger partial charge in [-0.2, -0.15) is 0 Å². The van der Waals surface area contributed by atoms with Crippen molar-refractivity contribution in [1.29, 1.82) is 0 Å². The molecule has 0 spiro atoms. The summed E-state index contributed by atoms with van der Waals surface area (Å²) in [6, 6.07) is 15.3. The zero-order chi connectivity index (χ0) is 14.0. The molecule has 0 saturated heterocycles. The van der Waals surface area contributed by atoms with E-state index in [0.717, 1.165) is 16.9 Å². The molecule has 2 aromatic carbocycles. The van der Waals surface area contributed by atoms with Gasteiger partial charge in [0, 0.05) is 11.1 Å². The first-order valence-corrected chi connectivity index (χ1v) is 6.64. The number of ether oxygens (including phenoxy) is 1. The van der Waals surface area contributed by atoms with Crippen LogP contribution in [0, 0.1) is 0 Å². The molecular weight excluding hydrogens is 248 g/mol. The van der Waals surface area contributed by atoms with Crippen molar-refractivity contribution in [2.24, 2.45) is 0 Å². The quantitative estimate of drug-likeness (QED) is 0.821. The summed E-state index contributed by atoms with van der Waals surface area (Å²) in [5.74, 6) is 1.02. The number of fused-ring (bicyclic) bond motifs is 1. The van der Waals surface area contributed by atoms with E-state index >= 15 is 0 Å². The van der Waals surface area contributed by atoms with Gasteiger partial charge in [0.25, 0.3) is 0 Å². The van der Waals surface area contributed by atoms with Gasteiger partial charge >= 0.3 is 0 Å². The summed E-state index contributed by atoms with van der Waals surface area (Å²) in [6.45, 7) is 1.98. The van der Waals surface area contributed by atoms with Crippen molar-refractivity contribution in [3.05, 3.63) is 77.9 Å². The molecule has 20 heavy (non-hydrogen) atoms. The molecule has 3 rings (SSSR count). The molecule has 0 radical (unpaired) electrons. The van der Waals surface area contributed by atoms with Gasteiger partial charge in [-0.3, -0.25) is 0 Å². The molecule has 0 amide bonds. The Hall–Kier alpha value is -2.48. The molecule has 1 heterocycles. The van der Waals surface area contributed by atoms with E-state index in [4.69, 9.17) is 4.74 Å². The Morgan fingerprint density at radius 3 is 2.65 bits per heavy atom. The van der Waals surface area contributed by atoms with Gasteiger partial charge in [0.1, 0.15) is 11.5 Å². The van der Waals surface area contributed by atoms with Crippen molar-refractivity contribution in [3.8, 4) is 11.5 Å². The fourth-order valence-corrected chi connectivity index (χ4v) is 2.48. The molecule has 2 aromatic rings. The smallest absolute Gasteiger partial charge is 0.171 e. The van der Waals surface area contributed by atoms with Gasteiger partial charge in [0.2, 0.25) is 0 Å². The van der Waals surface area contributed by atoms with Crippen LogP contribution in [0.5, 0.6) is 11.5 Å². The summed E-state index contributed by atoms with van der Waals surface area (Å²) < 4.78 is 6.22. The highest BCUT2D eigenvalue weighted by Gasteiger charge is 2.31. The second-order valence-electron chi connectivity index (χ2n) is 4.82. The molecule has 2 heteroatoms. The highest BCUT2D eigenvalue weighted by molar-refractivity contribution is 5.64. The van der Waals surface area contributed by atoms with E-state index in [2.05, 4.69) is 12.1 Å². The predicted molar refractivity (Wildman–Crippen MR) is 80.7 cm³/mol. The van der Waals surface area contributed by atoms with Gasteiger partial charge in [-0.15, -0.1) is 0 Å². The molecular formula is C18H16O2. The molecule has 0 aromatic heterocycles. The second-order valence-corrected chi connectivity index (χ2v) is 4.82. The van der Waals surface area contributed by atoms with Crippen LogP contribution in [0.4, 0.5) is 0 Å². The number of rotatable bonds is 2. The Balaban J connectivity index is 2.10. The number of benzene rings is 2. The molecule has 0 fully saturated rings. The maximum absolute atomic E-state index is 9.54. The van der Waals surface area contributed by atoms with Gasteiger partial charge in [0.15, 0.2) is 5.60 Å². The van der Waals surface area contributed by atoms with Gasteiger partial charge in [-0.25, -0.2) is 0 Å². The Bertz CT molecular complexity index is 671. The van der Waals surface area contributed by atoms with Crippen molar-refractivity contribution < 1.29 is 9.84 Å². The summed E-state index contributed by atoms with van der Waals surface area (Å²) in [5.41, 5.74) is 1.38. The molecule has 0 saturated carbocycles. The van der Waals surface area contributed by atoms with Crippen molar-refractivity contribution in [3.63, 3.8) is 0 Å². The number of allylic oxidation sites excluding steroid dienone is 1.